The molecule has 6 nitrogen and oxygen atoms in total. The highest BCUT2D eigenvalue weighted by Crippen LogP contribution is 2.39. The summed E-state index contributed by atoms with van der Waals surface area (Å²) in [5.74, 6) is 0.356. The predicted octanol–water partition coefficient (Wildman–Crippen LogP) is 4.66. The van der Waals surface area contributed by atoms with E-state index in [1.54, 1.807) is 12.1 Å². The Balaban J connectivity index is 1.39. The first-order valence-electron chi connectivity index (χ1n) is 9.10. The number of nitrogens with one attached hydrogen (secondary N) is 1. The van der Waals surface area contributed by atoms with E-state index in [9.17, 15) is 14.4 Å². The van der Waals surface area contributed by atoms with Gasteiger partial charge >= 0.3 is 0 Å². The summed E-state index contributed by atoms with van der Waals surface area (Å²) in [5.41, 5.74) is 2.28. The molecule has 9 heteroatoms. The Morgan fingerprint density at radius 1 is 1.41 bits per heavy atom. The van der Waals surface area contributed by atoms with Crippen molar-refractivity contribution in [2.75, 3.05) is 11.1 Å². The number of carbonyl (C=O) groups is 1. The topological polar surface area (TPSA) is 91.8 Å². The third-order valence-electron chi connectivity index (χ3n) is 4.70. The van der Waals surface area contributed by atoms with Crippen LogP contribution in [0.1, 0.15) is 29.3 Å². The summed E-state index contributed by atoms with van der Waals surface area (Å²) in [6.07, 6.45) is 2.90. The van der Waals surface area contributed by atoms with E-state index in [0.29, 0.717) is 22.0 Å². The van der Waals surface area contributed by atoms with Gasteiger partial charge in [-0.15, -0.1) is 21.5 Å². The summed E-state index contributed by atoms with van der Waals surface area (Å²) in [6, 6.07) is 7.97. The number of hydrogen-bond acceptors (Lipinski definition) is 7. The summed E-state index contributed by atoms with van der Waals surface area (Å²) < 4.78 is 18.5. The number of amides is 1. The smallest absolute Gasteiger partial charge is 0.277 e. The van der Waals surface area contributed by atoms with E-state index in [1.807, 2.05) is 0 Å². The quantitative estimate of drug-likeness (QED) is 0.594. The molecule has 148 valence electrons. The lowest BCUT2D eigenvalue weighted by Crippen LogP contribution is -2.14. The molecular formula is C20H17FN4O2S2. The molecule has 29 heavy (non-hydrogen) atoms. The van der Waals surface area contributed by atoms with Crippen LogP contribution in [0.15, 0.2) is 33.9 Å². The first kappa shape index (κ1) is 19.6. The summed E-state index contributed by atoms with van der Waals surface area (Å²) in [5, 5.41) is 21.1. The number of carbonyl (C=O) groups excluding carboxylic acids is 1. The molecule has 4 rings (SSSR count). The number of nitrogens with zero attached hydrogens (tertiary/aromatic N) is 3. The number of thiophene rings is 1. The molecule has 2 heterocycles. The van der Waals surface area contributed by atoms with Crippen LogP contribution in [0.5, 0.6) is 0 Å². The zero-order valence-corrected chi connectivity index (χ0v) is 17.2. The largest absolute Gasteiger partial charge is 0.411 e. The van der Waals surface area contributed by atoms with Crippen LogP contribution in [-0.4, -0.2) is 21.9 Å². The number of benzene rings is 1. The van der Waals surface area contributed by atoms with Crippen LogP contribution in [0.3, 0.4) is 0 Å². The predicted molar refractivity (Wildman–Crippen MR) is 109 cm³/mol. The van der Waals surface area contributed by atoms with Gasteiger partial charge < -0.3 is 9.73 Å². The molecule has 1 aliphatic rings. The molecule has 0 aliphatic heterocycles. The number of rotatable bonds is 5. The summed E-state index contributed by atoms with van der Waals surface area (Å²) in [7, 11) is 0. The van der Waals surface area contributed by atoms with Crippen molar-refractivity contribution in [3.8, 4) is 17.5 Å². The standard InChI is InChI=1S/C20H17FN4O2S2/c1-11-2-7-14-15(9-22)19(29-16(14)8-11)23-17(26)10-28-20-25-24-18(27-20)12-3-5-13(21)6-4-12/h3-6,11H,2,7-8,10H2,1H3,(H,23,26)/t11-/m1/s1. The summed E-state index contributed by atoms with van der Waals surface area (Å²) in [6.45, 7) is 2.20. The number of anilines is 1. The van der Waals surface area contributed by atoms with Gasteiger partial charge in [-0.3, -0.25) is 4.79 Å². The van der Waals surface area contributed by atoms with Gasteiger partial charge in [0, 0.05) is 10.4 Å². The van der Waals surface area contributed by atoms with E-state index >= 15 is 0 Å². The molecule has 0 radical (unpaired) electrons. The lowest BCUT2D eigenvalue weighted by molar-refractivity contribution is -0.113. The van der Waals surface area contributed by atoms with E-state index < -0.39 is 0 Å². The first-order valence-corrected chi connectivity index (χ1v) is 10.9. The second kappa shape index (κ2) is 8.35. The van der Waals surface area contributed by atoms with Gasteiger partial charge in [0.1, 0.15) is 16.9 Å². The highest BCUT2D eigenvalue weighted by atomic mass is 32.2. The molecule has 1 amide bonds. The highest BCUT2D eigenvalue weighted by molar-refractivity contribution is 7.99. The fraction of sp³-hybridized carbons (Fsp3) is 0.300. The average Bonchev–Trinajstić information content (AvgIpc) is 3.30. The first-order chi connectivity index (χ1) is 14.0. The van der Waals surface area contributed by atoms with Gasteiger partial charge in [-0.25, -0.2) is 4.39 Å². The monoisotopic (exact) mass is 428 g/mol. The molecule has 0 saturated carbocycles. The molecule has 1 atom stereocenters. The summed E-state index contributed by atoms with van der Waals surface area (Å²) in [4.78, 5) is 13.6. The van der Waals surface area contributed by atoms with Crippen molar-refractivity contribution in [3.05, 3.63) is 46.1 Å². The third-order valence-corrected chi connectivity index (χ3v) is 6.69. The number of thioether (sulfide) groups is 1. The highest BCUT2D eigenvalue weighted by Gasteiger charge is 2.24. The minimum Gasteiger partial charge on any atom is -0.411 e. The van der Waals surface area contributed by atoms with Crippen LogP contribution < -0.4 is 5.32 Å². The molecule has 3 aromatic rings. The van der Waals surface area contributed by atoms with Gasteiger partial charge in [-0.2, -0.15) is 5.26 Å². The maximum absolute atomic E-state index is 13.0. The molecule has 0 fully saturated rings. The van der Waals surface area contributed by atoms with Crippen molar-refractivity contribution >= 4 is 34.0 Å². The van der Waals surface area contributed by atoms with E-state index in [-0.39, 0.29) is 28.6 Å². The SMILES string of the molecule is C[C@@H]1CCc2c(sc(NC(=O)CSc3nnc(-c4ccc(F)cc4)o3)c2C#N)C1. The maximum atomic E-state index is 13.0. The number of halogens is 1. The van der Waals surface area contributed by atoms with Crippen molar-refractivity contribution in [1.82, 2.24) is 10.2 Å². The molecule has 1 aliphatic carbocycles. The minimum absolute atomic E-state index is 0.0783. The lowest BCUT2D eigenvalue weighted by Gasteiger charge is -2.17. The number of aromatic nitrogens is 2. The van der Waals surface area contributed by atoms with E-state index in [1.165, 1.54) is 28.3 Å². The zero-order chi connectivity index (χ0) is 20.4. The van der Waals surface area contributed by atoms with Crippen molar-refractivity contribution in [1.29, 1.82) is 5.26 Å². The molecule has 0 unspecified atom stereocenters. The van der Waals surface area contributed by atoms with Crippen LogP contribution in [0, 0.1) is 23.1 Å². The number of fused-ring (bicyclic) bond motifs is 1. The van der Waals surface area contributed by atoms with Gasteiger partial charge in [-0.1, -0.05) is 18.7 Å². The molecule has 0 saturated heterocycles. The maximum Gasteiger partial charge on any atom is 0.277 e. The number of hydrogen-bond donors (Lipinski definition) is 1. The zero-order valence-electron chi connectivity index (χ0n) is 15.6. The molecular weight excluding hydrogens is 411 g/mol. The Bertz CT molecular complexity index is 1090. The van der Waals surface area contributed by atoms with Crippen LogP contribution in [0.25, 0.3) is 11.5 Å². The molecule has 1 aromatic carbocycles. The van der Waals surface area contributed by atoms with Crippen LogP contribution in [0.4, 0.5) is 9.39 Å². The van der Waals surface area contributed by atoms with Gasteiger partial charge in [0.25, 0.3) is 5.22 Å². The van der Waals surface area contributed by atoms with Crippen LogP contribution in [-0.2, 0) is 17.6 Å². The molecule has 0 spiro atoms. The van der Waals surface area contributed by atoms with Crippen molar-refractivity contribution < 1.29 is 13.6 Å². The van der Waals surface area contributed by atoms with Crippen molar-refractivity contribution in [2.24, 2.45) is 5.92 Å². The fourth-order valence-electron chi connectivity index (χ4n) is 3.22. The second-order valence-electron chi connectivity index (χ2n) is 6.88. The second-order valence-corrected chi connectivity index (χ2v) is 8.92. The Morgan fingerprint density at radius 3 is 2.97 bits per heavy atom. The van der Waals surface area contributed by atoms with Gasteiger partial charge in [0.05, 0.1) is 11.3 Å². The Labute approximate surface area is 175 Å². The van der Waals surface area contributed by atoms with Crippen LogP contribution in [0.2, 0.25) is 0 Å². The Morgan fingerprint density at radius 2 is 2.21 bits per heavy atom. The van der Waals surface area contributed by atoms with Crippen molar-refractivity contribution in [3.63, 3.8) is 0 Å². The van der Waals surface area contributed by atoms with Gasteiger partial charge in [0.2, 0.25) is 11.8 Å². The number of nitriles is 1. The fourth-order valence-corrected chi connectivity index (χ4v) is 5.16. The molecule has 1 N–H and O–H groups in total. The molecule has 2 aromatic heterocycles. The Kier molecular flexibility index (Phi) is 5.65. The summed E-state index contributed by atoms with van der Waals surface area (Å²) >= 11 is 2.61. The molecule has 0 bridgehead atoms. The van der Waals surface area contributed by atoms with Crippen molar-refractivity contribution in [2.45, 2.75) is 31.4 Å². The normalized spacial score (nSPS) is 15.6. The third kappa shape index (κ3) is 4.33. The average molecular weight is 429 g/mol. The van der Waals surface area contributed by atoms with Gasteiger partial charge in [0.15, 0.2) is 0 Å². The lowest BCUT2D eigenvalue weighted by atomic mass is 9.89. The van der Waals surface area contributed by atoms with E-state index in [0.717, 1.165) is 36.6 Å². The van der Waals surface area contributed by atoms with E-state index in [4.69, 9.17) is 4.42 Å². The van der Waals surface area contributed by atoms with E-state index in [2.05, 4.69) is 28.5 Å². The van der Waals surface area contributed by atoms with Gasteiger partial charge in [-0.05, 0) is 55.0 Å². The minimum atomic E-state index is -0.346. The Hall–Kier alpha value is -2.70. The van der Waals surface area contributed by atoms with Crippen LogP contribution >= 0.6 is 23.1 Å².